The summed E-state index contributed by atoms with van der Waals surface area (Å²) in [6.07, 6.45) is 3.40. The lowest BCUT2D eigenvalue weighted by atomic mass is 10.1. The highest BCUT2D eigenvalue weighted by molar-refractivity contribution is 5.31. The highest BCUT2D eigenvalue weighted by atomic mass is 19.1. The first kappa shape index (κ1) is 13.3. The van der Waals surface area contributed by atoms with Crippen molar-refractivity contribution in [2.45, 2.75) is 31.8 Å². The van der Waals surface area contributed by atoms with E-state index in [0.717, 1.165) is 13.0 Å². The Morgan fingerprint density at radius 2 is 2.22 bits per heavy atom. The Morgan fingerprint density at radius 3 is 2.83 bits per heavy atom. The summed E-state index contributed by atoms with van der Waals surface area (Å²) in [5.41, 5.74) is 6.25. The van der Waals surface area contributed by atoms with Gasteiger partial charge in [0.15, 0.2) is 11.6 Å². The Kier molecular flexibility index (Phi) is 4.55. The quantitative estimate of drug-likeness (QED) is 0.808. The molecule has 100 valence electrons. The van der Waals surface area contributed by atoms with Crippen molar-refractivity contribution in [2.24, 2.45) is 5.73 Å². The minimum absolute atomic E-state index is 0.238. The van der Waals surface area contributed by atoms with Crippen LogP contribution in [0.5, 0.6) is 5.75 Å². The highest BCUT2D eigenvalue weighted by Crippen LogP contribution is 2.30. The molecule has 0 bridgehead atoms. The maximum absolute atomic E-state index is 14.1. The number of benzene rings is 1. The maximum atomic E-state index is 14.1. The number of nitrogens with zero attached hydrogens (tertiary/aromatic N) is 1. The van der Waals surface area contributed by atoms with Crippen LogP contribution in [0.4, 0.5) is 4.39 Å². The van der Waals surface area contributed by atoms with Crippen LogP contribution in [-0.4, -0.2) is 31.1 Å². The lowest BCUT2D eigenvalue weighted by Crippen LogP contribution is -2.28. The molecule has 1 aromatic carbocycles. The summed E-state index contributed by atoms with van der Waals surface area (Å²) in [5.74, 6) is 0.0838. The van der Waals surface area contributed by atoms with E-state index >= 15 is 0 Å². The van der Waals surface area contributed by atoms with Gasteiger partial charge in [0.2, 0.25) is 0 Å². The third kappa shape index (κ3) is 3.21. The van der Waals surface area contributed by atoms with Gasteiger partial charge >= 0.3 is 0 Å². The lowest BCUT2D eigenvalue weighted by molar-refractivity contribution is 0.248. The first-order valence-electron chi connectivity index (χ1n) is 6.51. The minimum atomic E-state index is -0.238. The minimum Gasteiger partial charge on any atom is -0.494 e. The Bertz CT molecular complexity index is 393. The molecule has 1 fully saturated rings. The zero-order chi connectivity index (χ0) is 13.0. The van der Waals surface area contributed by atoms with Gasteiger partial charge < -0.3 is 10.5 Å². The van der Waals surface area contributed by atoms with E-state index in [4.69, 9.17) is 10.5 Å². The molecule has 1 aromatic rings. The van der Waals surface area contributed by atoms with Crippen LogP contribution in [0.25, 0.3) is 0 Å². The second-order valence-corrected chi connectivity index (χ2v) is 4.78. The molecule has 4 heteroatoms. The zero-order valence-electron chi connectivity index (χ0n) is 10.9. The Labute approximate surface area is 108 Å². The Hall–Kier alpha value is -1.13. The van der Waals surface area contributed by atoms with Gasteiger partial charge in [0, 0.05) is 18.2 Å². The SMILES string of the molecule is COc1cccc(CN(CCCN)C2CC2)c1F. The average molecular weight is 252 g/mol. The second kappa shape index (κ2) is 6.16. The molecule has 1 saturated carbocycles. The highest BCUT2D eigenvalue weighted by Gasteiger charge is 2.29. The molecule has 2 N–H and O–H groups in total. The van der Waals surface area contributed by atoms with Crippen molar-refractivity contribution in [1.29, 1.82) is 0 Å². The smallest absolute Gasteiger partial charge is 0.169 e. The summed E-state index contributed by atoms with van der Waals surface area (Å²) in [4.78, 5) is 2.32. The van der Waals surface area contributed by atoms with Crippen LogP contribution in [0.15, 0.2) is 18.2 Å². The Morgan fingerprint density at radius 1 is 1.44 bits per heavy atom. The largest absolute Gasteiger partial charge is 0.494 e. The molecule has 0 aromatic heterocycles. The topological polar surface area (TPSA) is 38.5 Å². The molecular weight excluding hydrogens is 231 g/mol. The Balaban J connectivity index is 2.06. The van der Waals surface area contributed by atoms with E-state index in [2.05, 4.69) is 4.90 Å². The molecule has 0 radical (unpaired) electrons. The monoisotopic (exact) mass is 252 g/mol. The fourth-order valence-corrected chi connectivity index (χ4v) is 2.18. The first-order chi connectivity index (χ1) is 8.76. The van der Waals surface area contributed by atoms with Crippen molar-refractivity contribution < 1.29 is 9.13 Å². The van der Waals surface area contributed by atoms with Crippen molar-refractivity contribution in [3.05, 3.63) is 29.6 Å². The van der Waals surface area contributed by atoms with Gasteiger partial charge in [0.25, 0.3) is 0 Å². The molecule has 0 amide bonds. The van der Waals surface area contributed by atoms with Crippen molar-refractivity contribution in [1.82, 2.24) is 4.90 Å². The van der Waals surface area contributed by atoms with E-state index in [1.807, 2.05) is 12.1 Å². The maximum Gasteiger partial charge on any atom is 0.169 e. The zero-order valence-corrected chi connectivity index (χ0v) is 10.9. The summed E-state index contributed by atoms with van der Waals surface area (Å²) in [7, 11) is 1.50. The fraction of sp³-hybridized carbons (Fsp3) is 0.571. The number of halogens is 1. The van der Waals surface area contributed by atoms with Crippen molar-refractivity contribution in [3.8, 4) is 5.75 Å². The molecule has 0 spiro atoms. The number of hydrogen-bond donors (Lipinski definition) is 1. The van der Waals surface area contributed by atoms with Crippen LogP contribution in [0.2, 0.25) is 0 Å². The van der Waals surface area contributed by atoms with Gasteiger partial charge in [0.05, 0.1) is 7.11 Å². The predicted octanol–water partition coefficient (Wildman–Crippen LogP) is 2.15. The summed E-state index contributed by atoms with van der Waals surface area (Å²) < 4.78 is 19.1. The molecule has 18 heavy (non-hydrogen) atoms. The number of hydrogen-bond acceptors (Lipinski definition) is 3. The standard InChI is InChI=1S/C14H21FN2O/c1-18-13-5-2-4-11(14(13)15)10-17(9-3-8-16)12-6-7-12/h2,4-5,12H,3,6-10,16H2,1H3. The normalized spacial score (nSPS) is 15.1. The summed E-state index contributed by atoms with van der Waals surface area (Å²) >= 11 is 0. The van der Waals surface area contributed by atoms with Crippen LogP contribution in [0.3, 0.4) is 0 Å². The van der Waals surface area contributed by atoms with Crippen LogP contribution in [-0.2, 0) is 6.54 Å². The lowest BCUT2D eigenvalue weighted by Gasteiger charge is -2.22. The molecule has 0 unspecified atom stereocenters. The van der Waals surface area contributed by atoms with Crippen LogP contribution >= 0.6 is 0 Å². The molecule has 0 aliphatic heterocycles. The van der Waals surface area contributed by atoms with Gasteiger partial charge in [-0.1, -0.05) is 12.1 Å². The predicted molar refractivity (Wildman–Crippen MR) is 70.1 cm³/mol. The summed E-state index contributed by atoms with van der Waals surface area (Å²) in [5, 5.41) is 0. The van der Waals surface area contributed by atoms with Crippen molar-refractivity contribution >= 4 is 0 Å². The van der Waals surface area contributed by atoms with Crippen LogP contribution < -0.4 is 10.5 Å². The molecule has 2 rings (SSSR count). The summed E-state index contributed by atoms with van der Waals surface area (Å²) in [6, 6.07) is 5.93. The van der Waals surface area contributed by atoms with E-state index in [-0.39, 0.29) is 5.82 Å². The molecule has 1 aliphatic rings. The van der Waals surface area contributed by atoms with Crippen LogP contribution in [0.1, 0.15) is 24.8 Å². The van der Waals surface area contributed by atoms with Gasteiger partial charge in [-0.05, 0) is 38.4 Å². The summed E-state index contributed by atoms with van der Waals surface area (Å²) in [6.45, 7) is 2.27. The van der Waals surface area contributed by atoms with E-state index < -0.39 is 0 Å². The van der Waals surface area contributed by atoms with Crippen molar-refractivity contribution in [2.75, 3.05) is 20.2 Å². The fourth-order valence-electron chi connectivity index (χ4n) is 2.18. The van der Waals surface area contributed by atoms with Gasteiger partial charge in [-0.15, -0.1) is 0 Å². The number of ether oxygens (including phenoxy) is 1. The third-order valence-corrected chi connectivity index (χ3v) is 3.35. The van der Waals surface area contributed by atoms with Crippen molar-refractivity contribution in [3.63, 3.8) is 0 Å². The van der Waals surface area contributed by atoms with Crippen LogP contribution in [0, 0.1) is 5.82 Å². The van der Waals surface area contributed by atoms with E-state index in [1.165, 1.54) is 20.0 Å². The number of methoxy groups -OCH3 is 1. The average Bonchev–Trinajstić information content (AvgIpc) is 3.20. The third-order valence-electron chi connectivity index (χ3n) is 3.35. The van der Waals surface area contributed by atoms with Gasteiger partial charge in [0.1, 0.15) is 0 Å². The molecule has 0 heterocycles. The van der Waals surface area contributed by atoms with E-state index in [1.54, 1.807) is 6.07 Å². The molecule has 3 nitrogen and oxygen atoms in total. The molecule has 0 saturated heterocycles. The molecule has 1 aliphatic carbocycles. The van der Waals surface area contributed by atoms with Gasteiger partial charge in [-0.3, -0.25) is 4.90 Å². The molecular formula is C14H21FN2O. The second-order valence-electron chi connectivity index (χ2n) is 4.78. The first-order valence-corrected chi connectivity index (χ1v) is 6.51. The van der Waals surface area contributed by atoms with Gasteiger partial charge in [-0.25, -0.2) is 4.39 Å². The number of nitrogens with two attached hydrogens (primary N) is 1. The van der Waals surface area contributed by atoms with E-state index in [0.29, 0.717) is 30.4 Å². The molecule has 0 atom stereocenters. The van der Waals surface area contributed by atoms with Gasteiger partial charge in [-0.2, -0.15) is 0 Å². The van der Waals surface area contributed by atoms with E-state index in [9.17, 15) is 4.39 Å². The number of rotatable bonds is 7.